The van der Waals surface area contributed by atoms with Crippen LogP contribution in [0.5, 0.6) is 5.75 Å². The second-order valence-electron chi connectivity index (χ2n) is 6.81. The van der Waals surface area contributed by atoms with Crippen molar-refractivity contribution in [2.24, 2.45) is 0 Å². The lowest BCUT2D eigenvalue weighted by molar-refractivity contribution is -0.384. The minimum absolute atomic E-state index is 0.0118. The van der Waals surface area contributed by atoms with E-state index in [1.165, 1.54) is 36.0 Å². The lowest BCUT2D eigenvalue weighted by atomic mass is 10.3. The highest BCUT2D eigenvalue weighted by atomic mass is 32.2. The molecule has 1 heterocycles. The Bertz CT molecular complexity index is 1230. The number of nitrogens with one attached hydrogen (secondary N) is 1. The van der Waals surface area contributed by atoms with Gasteiger partial charge >= 0.3 is 0 Å². The highest BCUT2D eigenvalue weighted by Crippen LogP contribution is 2.24. The third-order valence-corrected chi connectivity index (χ3v) is 5.45. The van der Waals surface area contributed by atoms with Crippen LogP contribution in [0.3, 0.4) is 0 Å². The number of benzene rings is 3. The van der Waals surface area contributed by atoms with Crippen molar-refractivity contribution in [2.45, 2.75) is 11.8 Å². The summed E-state index contributed by atoms with van der Waals surface area (Å²) in [4.78, 5) is 22.7. The predicted octanol–water partition coefficient (Wildman–Crippen LogP) is 4.49. The van der Waals surface area contributed by atoms with E-state index in [1.807, 2.05) is 65.2 Å². The Morgan fingerprint density at radius 2 is 1.64 bits per heavy atom. The fourth-order valence-corrected chi connectivity index (χ4v) is 3.76. The van der Waals surface area contributed by atoms with Gasteiger partial charge in [0.05, 0.1) is 10.7 Å². The zero-order valence-corrected chi connectivity index (χ0v) is 18.1. The summed E-state index contributed by atoms with van der Waals surface area (Å²) in [6.07, 6.45) is 0. The van der Waals surface area contributed by atoms with Crippen molar-refractivity contribution >= 4 is 29.0 Å². The number of non-ortho nitro benzene ring substituents is 1. The van der Waals surface area contributed by atoms with Crippen LogP contribution >= 0.6 is 11.8 Å². The van der Waals surface area contributed by atoms with Gasteiger partial charge in [-0.2, -0.15) is 0 Å². The highest BCUT2D eigenvalue weighted by Gasteiger charge is 2.17. The molecule has 0 aliphatic carbocycles. The van der Waals surface area contributed by atoms with Crippen molar-refractivity contribution in [3.05, 3.63) is 101 Å². The van der Waals surface area contributed by atoms with Gasteiger partial charge in [-0.3, -0.25) is 19.5 Å². The lowest BCUT2D eigenvalue weighted by Crippen LogP contribution is -2.14. The predicted molar refractivity (Wildman–Crippen MR) is 125 cm³/mol. The van der Waals surface area contributed by atoms with Crippen LogP contribution in [-0.4, -0.2) is 31.3 Å². The minimum Gasteiger partial charge on any atom is -0.486 e. The number of hydrogen-bond acceptors (Lipinski definition) is 7. The van der Waals surface area contributed by atoms with E-state index in [-0.39, 0.29) is 24.0 Å². The van der Waals surface area contributed by atoms with Gasteiger partial charge in [-0.1, -0.05) is 48.2 Å². The normalized spacial score (nSPS) is 10.5. The second-order valence-corrected chi connectivity index (χ2v) is 7.75. The van der Waals surface area contributed by atoms with E-state index in [0.29, 0.717) is 16.7 Å². The quantitative estimate of drug-likeness (QED) is 0.222. The van der Waals surface area contributed by atoms with E-state index >= 15 is 0 Å². The number of carbonyl (C=O) groups excluding carboxylic acids is 1. The summed E-state index contributed by atoms with van der Waals surface area (Å²) in [5, 5.41) is 22.7. The third kappa shape index (κ3) is 5.74. The van der Waals surface area contributed by atoms with E-state index in [4.69, 9.17) is 4.74 Å². The maximum Gasteiger partial charge on any atom is 0.269 e. The molecule has 10 heteroatoms. The molecule has 0 spiro atoms. The summed E-state index contributed by atoms with van der Waals surface area (Å²) in [7, 11) is 0. The zero-order valence-electron chi connectivity index (χ0n) is 17.3. The smallest absolute Gasteiger partial charge is 0.269 e. The second kappa shape index (κ2) is 10.4. The standard InChI is InChI=1S/C23H19N5O4S/c29-22(24-17-7-3-1-4-8-17)16-33-23-26-25-21(27(23)18-9-5-2-6-10-18)15-32-20-13-11-19(12-14-20)28(30)31/h1-14H,15-16H2,(H,24,29). The van der Waals surface area contributed by atoms with Crippen LogP contribution in [0.4, 0.5) is 11.4 Å². The van der Waals surface area contributed by atoms with E-state index in [2.05, 4.69) is 15.5 Å². The fourth-order valence-electron chi connectivity index (χ4n) is 2.98. The number of nitrogens with zero attached hydrogens (tertiary/aromatic N) is 4. The van der Waals surface area contributed by atoms with E-state index in [0.717, 1.165) is 11.4 Å². The van der Waals surface area contributed by atoms with Crippen molar-refractivity contribution in [3.8, 4) is 11.4 Å². The molecule has 1 N–H and O–H groups in total. The molecule has 0 bridgehead atoms. The number of nitro groups is 1. The van der Waals surface area contributed by atoms with Gasteiger partial charge in [0.2, 0.25) is 5.91 Å². The Labute approximate surface area is 193 Å². The van der Waals surface area contributed by atoms with Crippen molar-refractivity contribution in [1.29, 1.82) is 0 Å². The first kappa shape index (κ1) is 22.0. The van der Waals surface area contributed by atoms with Crippen LogP contribution in [0.15, 0.2) is 90.1 Å². The fraction of sp³-hybridized carbons (Fsp3) is 0.0870. The number of rotatable bonds is 9. The molecule has 166 valence electrons. The number of anilines is 1. The Hall–Kier alpha value is -4.18. The van der Waals surface area contributed by atoms with Crippen LogP contribution in [0.1, 0.15) is 5.82 Å². The molecule has 1 amide bonds. The van der Waals surface area contributed by atoms with E-state index < -0.39 is 4.92 Å². The number of carbonyl (C=O) groups is 1. The van der Waals surface area contributed by atoms with Gasteiger partial charge < -0.3 is 10.1 Å². The molecule has 4 rings (SSSR count). The van der Waals surface area contributed by atoms with Gasteiger partial charge in [0, 0.05) is 23.5 Å². The van der Waals surface area contributed by atoms with Crippen molar-refractivity contribution in [1.82, 2.24) is 14.8 Å². The van der Waals surface area contributed by atoms with Gasteiger partial charge in [-0.25, -0.2) is 0 Å². The average Bonchev–Trinajstić information content (AvgIpc) is 3.25. The first-order valence-corrected chi connectivity index (χ1v) is 10.9. The molecule has 0 aliphatic heterocycles. The molecule has 0 aliphatic rings. The maximum absolute atomic E-state index is 12.4. The molecule has 0 fully saturated rings. The number of aromatic nitrogens is 3. The average molecular weight is 462 g/mol. The summed E-state index contributed by atoms with van der Waals surface area (Å²) in [5.41, 5.74) is 1.54. The molecule has 0 saturated carbocycles. The summed E-state index contributed by atoms with van der Waals surface area (Å²) in [5.74, 6) is 1.01. The monoisotopic (exact) mass is 461 g/mol. The Morgan fingerprint density at radius 1 is 0.970 bits per heavy atom. The van der Waals surface area contributed by atoms with E-state index in [1.54, 1.807) is 0 Å². The summed E-state index contributed by atoms with van der Waals surface area (Å²) >= 11 is 1.26. The molecule has 0 unspecified atom stereocenters. The number of ether oxygens (including phenoxy) is 1. The number of nitro benzene ring substituents is 1. The SMILES string of the molecule is O=C(CSc1nnc(COc2ccc([N+](=O)[O-])cc2)n1-c1ccccc1)Nc1ccccc1. The van der Waals surface area contributed by atoms with Gasteiger partial charge in [-0.05, 0) is 36.4 Å². The Kier molecular flexibility index (Phi) is 6.96. The summed E-state index contributed by atoms with van der Waals surface area (Å²) < 4.78 is 7.60. The highest BCUT2D eigenvalue weighted by molar-refractivity contribution is 7.99. The molecule has 3 aromatic carbocycles. The lowest BCUT2D eigenvalue weighted by Gasteiger charge is -2.11. The molecular formula is C23H19N5O4S. The number of amides is 1. The largest absolute Gasteiger partial charge is 0.486 e. The first-order chi connectivity index (χ1) is 16.1. The van der Waals surface area contributed by atoms with Gasteiger partial charge in [0.1, 0.15) is 12.4 Å². The van der Waals surface area contributed by atoms with Crippen molar-refractivity contribution in [2.75, 3.05) is 11.1 Å². The van der Waals surface area contributed by atoms with Crippen LogP contribution < -0.4 is 10.1 Å². The third-order valence-electron chi connectivity index (χ3n) is 4.52. The number of hydrogen-bond donors (Lipinski definition) is 1. The minimum atomic E-state index is -0.465. The van der Waals surface area contributed by atoms with Gasteiger partial charge in [0.15, 0.2) is 11.0 Å². The molecule has 9 nitrogen and oxygen atoms in total. The van der Waals surface area contributed by atoms with Gasteiger partial charge in [0.25, 0.3) is 5.69 Å². The molecule has 33 heavy (non-hydrogen) atoms. The number of thioether (sulfide) groups is 1. The van der Waals surface area contributed by atoms with Crippen molar-refractivity contribution in [3.63, 3.8) is 0 Å². The Balaban J connectivity index is 1.48. The van der Waals surface area contributed by atoms with Crippen LogP contribution in [0.2, 0.25) is 0 Å². The first-order valence-electron chi connectivity index (χ1n) is 9.95. The molecule has 0 radical (unpaired) electrons. The van der Waals surface area contributed by atoms with Crippen LogP contribution in [0.25, 0.3) is 5.69 Å². The van der Waals surface area contributed by atoms with Crippen LogP contribution in [-0.2, 0) is 11.4 Å². The molecule has 0 atom stereocenters. The van der Waals surface area contributed by atoms with E-state index in [9.17, 15) is 14.9 Å². The Morgan fingerprint density at radius 3 is 2.30 bits per heavy atom. The molecule has 1 aromatic heterocycles. The molecular weight excluding hydrogens is 442 g/mol. The van der Waals surface area contributed by atoms with Crippen molar-refractivity contribution < 1.29 is 14.5 Å². The summed E-state index contributed by atoms with van der Waals surface area (Å²) in [6, 6.07) is 24.6. The maximum atomic E-state index is 12.4. The van der Waals surface area contributed by atoms with Crippen LogP contribution in [0, 0.1) is 10.1 Å². The number of para-hydroxylation sites is 2. The zero-order chi connectivity index (χ0) is 23.0. The van der Waals surface area contributed by atoms with Gasteiger partial charge in [-0.15, -0.1) is 10.2 Å². The summed E-state index contributed by atoms with van der Waals surface area (Å²) in [6.45, 7) is 0.0937. The topological polar surface area (TPSA) is 112 Å². The molecule has 4 aromatic rings. The molecule has 0 saturated heterocycles.